The molecule has 0 aliphatic carbocycles. The molecule has 2 atom stereocenters. The van der Waals surface area contributed by atoms with Crippen molar-refractivity contribution in [3.63, 3.8) is 0 Å². The number of rotatable bonds is 4. The van der Waals surface area contributed by atoms with E-state index in [9.17, 15) is 4.79 Å². The van der Waals surface area contributed by atoms with Crippen molar-refractivity contribution in [2.24, 2.45) is 5.41 Å². The molecule has 0 aromatic carbocycles. The molecule has 0 amide bonds. The van der Waals surface area contributed by atoms with Gasteiger partial charge in [0.1, 0.15) is 0 Å². The third kappa shape index (κ3) is 2.64. The first-order chi connectivity index (χ1) is 7.30. The van der Waals surface area contributed by atoms with Gasteiger partial charge in [-0.3, -0.25) is 0 Å². The van der Waals surface area contributed by atoms with Gasteiger partial charge in [0.05, 0.1) is 0 Å². The van der Waals surface area contributed by atoms with E-state index in [4.69, 9.17) is 9.47 Å². The van der Waals surface area contributed by atoms with Crippen LogP contribution in [0.25, 0.3) is 0 Å². The molecule has 0 spiro atoms. The number of carbonyl (C=O) groups is 1. The number of esters is 1. The maximum Gasteiger partial charge on any atom is 0.337 e. The summed E-state index contributed by atoms with van der Waals surface area (Å²) in [5.74, 6) is -1.04. The molecule has 0 radical (unpaired) electrons. The van der Waals surface area contributed by atoms with Gasteiger partial charge in [-0.15, -0.1) is 6.58 Å². The van der Waals surface area contributed by atoms with Gasteiger partial charge in [-0.25, -0.2) is 4.79 Å². The van der Waals surface area contributed by atoms with Crippen molar-refractivity contribution < 1.29 is 14.3 Å². The van der Waals surface area contributed by atoms with Crippen molar-refractivity contribution in [1.29, 1.82) is 0 Å². The zero-order chi connectivity index (χ0) is 12.4. The molecule has 1 heterocycles. The highest BCUT2D eigenvalue weighted by molar-refractivity contribution is 5.76. The summed E-state index contributed by atoms with van der Waals surface area (Å²) in [6.07, 6.45) is 3.95. The fourth-order valence-corrected chi connectivity index (χ4v) is 1.56. The second-order valence-electron chi connectivity index (χ2n) is 5.44. The number of ether oxygens (including phenoxy) is 2. The van der Waals surface area contributed by atoms with Crippen molar-refractivity contribution in [1.82, 2.24) is 0 Å². The summed E-state index contributed by atoms with van der Waals surface area (Å²) in [6.45, 7) is 11.5. The van der Waals surface area contributed by atoms with Crippen molar-refractivity contribution in [3.8, 4) is 0 Å². The summed E-state index contributed by atoms with van der Waals surface area (Å²) in [6, 6.07) is 0. The van der Waals surface area contributed by atoms with E-state index in [2.05, 4.69) is 6.58 Å². The fraction of sp³-hybridized carbons (Fsp3) is 0.769. The largest absolute Gasteiger partial charge is 0.431 e. The maximum absolute atomic E-state index is 11.7. The number of allylic oxidation sites excluding steroid dienone is 1. The SMILES string of the molecule is C=CCCCC1OC(C)(C(C)(C)C)OC1=O. The van der Waals surface area contributed by atoms with Crippen LogP contribution < -0.4 is 0 Å². The van der Waals surface area contributed by atoms with Gasteiger partial charge < -0.3 is 9.47 Å². The topological polar surface area (TPSA) is 35.5 Å². The Morgan fingerprint density at radius 1 is 1.50 bits per heavy atom. The van der Waals surface area contributed by atoms with Crippen LogP contribution >= 0.6 is 0 Å². The van der Waals surface area contributed by atoms with Gasteiger partial charge in [-0.1, -0.05) is 26.8 Å². The average Bonchev–Trinajstić information content (AvgIpc) is 2.43. The Morgan fingerprint density at radius 3 is 2.56 bits per heavy atom. The lowest BCUT2D eigenvalue weighted by atomic mass is 9.87. The predicted octanol–water partition coefficient (Wildman–Crippen LogP) is 3.05. The summed E-state index contributed by atoms with van der Waals surface area (Å²) < 4.78 is 11.1. The van der Waals surface area contributed by atoms with Crippen LogP contribution in [-0.2, 0) is 14.3 Å². The third-order valence-corrected chi connectivity index (χ3v) is 3.16. The van der Waals surface area contributed by atoms with E-state index in [0.29, 0.717) is 6.42 Å². The smallest absolute Gasteiger partial charge is 0.337 e. The van der Waals surface area contributed by atoms with Gasteiger partial charge in [0, 0.05) is 12.3 Å². The highest BCUT2D eigenvalue weighted by Crippen LogP contribution is 2.40. The van der Waals surface area contributed by atoms with Crippen molar-refractivity contribution in [2.75, 3.05) is 0 Å². The van der Waals surface area contributed by atoms with Crippen LogP contribution in [0.3, 0.4) is 0 Å². The van der Waals surface area contributed by atoms with E-state index in [1.165, 1.54) is 0 Å². The predicted molar refractivity (Wildman–Crippen MR) is 62.9 cm³/mol. The molecule has 0 N–H and O–H groups in total. The molecule has 0 aromatic heterocycles. The Kier molecular flexibility index (Phi) is 3.79. The summed E-state index contributed by atoms with van der Waals surface area (Å²) >= 11 is 0. The van der Waals surface area contributed by atoms with Crippen LogP contribution in [-0.4, -0.2) is 17.9 Å². The molecule has 0 saturated carbocycles. The van der Waals surface area contributed by atoms with Gasteiger partial charge in [-0.2, -0.15) is 0 Å². The van der Waals surface area contributed by atoms with Crippen molar-refractivity contribution in [2.45, 2.75) is 58.8 Å². The standard InChI is InChI=1S/C13H22O3/c1-6-7-8-9-10-11(14)16-13(5,15-10)12(2,3)4/h6,10H,1,7-9H2,2-5H3. The molecule has 1 saturated heterocycles. The lowest BCUT2D eigenvalue weighted by Gasteiger charge is -2.35. The second kappa shape index (κ2) is 4.58. The molecule has 0 bridgehead atoms. The van der Waals surface area contributed by atoms with Crippen LogP contribution in [0.15, 0.2) is 12.7 Å². The van der Waals surface area contributed by atoms with Crippen LogP contribution in [0.5, 0.6) is 0 Å². The first kappa shape index (κ1) is 13.2. The Labute approximate surface area is 97.8 Å². The van der Waals surface area contributed by atoms with E-state index in [-0.39, 0.29) is 11.4 Å². The first-order valence-electron chi connectivity index (χ1n) is 5.82. The Hall–Kier alpha value is -0.830. The molecule has 1 aliphatic heterocycles. The summed E-state index contributed by atoms with van der Waals surface area (Å²) in [7, 11) is 0. The number of hydrogen-bond acceptors (Lipinski definition) is 3. The van der Waals surface area contributed by atoms with E-state index >= 15 is 0 Å². The highest BCUT2D eigenvalue weighted by Gasteiger charge is 2.51. The Balaban J connectivity index is 2.60. The zero-order valence-electron chi connectivity index (χ0n) is 10.7. The molecule has 3 heteroatoms. The average molecular weight is 226 g/mol. The number of hydrogen-bond donors (Lipinski definition) is 0. The molecular weight excluding hydrogens is 204 g/mol. The minimum absolute atomic E-state index is 0.212. The molecule has 16 heavy (non-hydrogen) atoms. The fourth-order valence-electron chi connectivity index (χ4n) is 1.56. The van der Waals surface area contributed by atoms with E-state index in [1.807, 2.05) is 33.8 Å². The molecule has 2 unspecified atom stereocenters. The molecule has 1 aliphatic rings. The number of unbranched alkanes of at least 4 members (excludes halogenated alkanes) is 1. The van der Waals surface area contributed by atoms with E-state index in [1.54, 1.807) is 0 Å². The van der Waals surface area contributed by atoms with Gasteiger partial charge >= 0.3 is 5.97 Å². The minimum Gasteiger partial charge on any atom is -0.431 e. The number of carbonyl (C=O) groups excluding carboxylic acids is 1. The molecule has 0 aromatic rings. The van der Waals surface area contributed by atoms with Gasteiger partial charge in [0.15, 0.2) is 6.10 Å². The summed E-state index contributed by atoms with van der Waals surface area (Å²) in [5, 5.41) is 0. The molecule has 1 fully saturated rings. The third-order valence-electron chi connectivity index (χ3n) is 3.16. The second-order valence-corrected chi connectivity index (χ2v) is 5.44. The van der Waals surface area contributed by atoms with Crippen LogP contribution in [0.2, 0.25) is 0 Å². The molecule has 92 valence electrons. The van der Waals surface area contributed by atoms with Crippen LogP contribution in [0.4, 0.5) is 0 Å². The monoisotopic (exact) mass is 226 g/mol. The maximum atomic E-state index is 11.7. The Bertz CT molecular complexity index is 277. The molecule has 3 nitrogen and oxygen atoms in total. The molecule has 1 rings (SSSR count). The van der Waals surface area contributed by atoms with Gasteiger partial charge in [0.25, 0.3) is 0 Å². The Morgan fingerprint density at radius 2 is 2.12 bits per heavy atom. The van der Waals surface area contributed by atoms with E-state index in [0.717, 1.165) is 12.8 Å². The normalized spacial score (nSPS) is 30.2. The molecular formula is C13H22O3. The van der Waals surface area contributed by atoms with Crippen LogP contribution in [0.1, 0.15) is 47.0 Å². The zero-order valence-corrected chi connectivity index (χ0v) is 10.7. The first-order valence-corrected chi connectivity index (χ1v) is 5.82. The minimum atomic E-state index is -0.803. The lowest BCUT2D eigenvalue weighted by Crippen LogP contribution is -2.41. The highest BCUT2D eigenvalue weighted by atomic mass is 16.8. The number of cyclic esters (lactones) is 1. The quantitative estimate of drug-likeness (QED) is 0.420. The lowest BCUT2D eigenvalue weighted by molar-refractivity contribution is -0.218. The van der Waals surface area contributed by atoms with Gasteiger partial charge in [0.2, 0.25) is 5.79 Å². The summed E-state index contributed by atoms with van der Waals surface area (Å²) in [4.78, 5) is 11.7. The van der Waals surface area contributed by atoms with Gasteiger partial charge in [-0.05, 0) is 19.3 Å². The van der Waals surface area contributed by atoms with E-state index < -0.39 is 11.9 Å². The van der Waals surface area contributed by atoms with Crippen LogP contribution in [0, 0.1) is 5.41 Å². The van der Waals surface area contributed by atoms with Crippen molar-refractivity contribution >= 4 is 5.97 Å². The summed E-state index contributed by atoms with van der Waals surface area (Å²) in [5.41, 5.74) is -0.212. The van der Waals surface area contributed by atoms with Crippen molar-refractivity contribution in [3.05, 3.63) is 12.7 Å².